The van der Waals surface area contributed by atoms with Crippen molar-refractivity contribution in [2.24, 2.45) is 0 Å². The van der Waals surface area contributed by atoms with Crippen molar-refractivity contribution in [3.63, 3.8) is 0 Å². The molecule has 0 spiro atoms. The molecule has 0 unspecified atom stereocenters. The van der Waals surface area contributed by atoms with Crippen LogP contribution in [0.25, 0.3) is 97.4 Å². The average Bonchev–Trinajstić information content (AvgIpc) is 3.89. The van der Waals surface area contributed by atoms with E-state index < -0.39 is 0 Å². The van der Waals surface area contributed by atoms with Crippen molar-refractivity contribution in [3.8, 4) is 33.6 Å². The monoisotopic (exact) mass is 738 g/mol. The zero-order valence-corrected chi connectivity index (χ0v) is 31.2. The van der Waals surface area contributed by atoms with Crippen LogP contribution in [0, 0.1) is 0 Å². The van der Waals surface area contributed by atoms with E-state index in [-0.39, 0.29) is 0 Å². The summed E-state index contributed by atoms with van der Waals surface area (Å²) in [7, 11) is 0. The molecule has 0 saturated carbocycles. The molecule has 0 atom stereocenters. The molecule has 13 rings (SSSR count). The highest BCUT2D eigenvalue weighted by Gasteiger charge is 2.37. The Balaban J connectivity index is 1.29. The van der Waals surface area contributed by atoms with Crippen LogP contribution in [-0.4, -0.2) is 14.4 Å². The summed E-state index contributed by atoms with van der Waals surface area (Å²) in [4.78, 5) is 2.71. The summed E-state index contributed by atoms with van der Waals surface area (Å²) in [5.74, 6) is 0. The van der Waals surface area contributed by atoms with Crippen LogP contribution in [0.5, 0.6) is 0 Å². The minimum Gasteiger partial charge on any atom is -0.308 e. The van der Waals surface area contributed by atoms with Gasteiger partial charge in [-0.1, -0.05) is 109 Å². The molecule has 6 heteroatoms. The summed E-state index contributed by atoms with van der Waals surface area (Å²) >= 11 is 5.93. The maximum Gasteiger partial charge on any atom is 0.318 e. The van der Waals surface area contributed by atoms with Crippen molar-refractivity contribution in [3.05, 3.63) is 164 Å². The molecule has 250 valence electrons. The second-order valence-corrected chi connectivity index (χ2v) is 17.9. The molecular weight excluding hydrogens is 712 g/mol. The minimum atomic E-state index is 0.306. The van der Waals surface area contributed by atoms with Gasteiger partial charge < -0.3 is 9.13 Å². The Kier molecular flexibility index (Phi) is 6.04. The summed E-state index contributed by atoms with van der Waals surface area (Å²) in [6, 6.07) is 61.1. The fourth-order valence-electron chi connectivity index (χ4n) is 9.42. The average molecular weight is 739 g/mol. The van der Waals surface area contributed by atoms with Crippen LogP contribution in [0.1, 0.15) is 0 Å². The molecule has 0 radical (unpaired) electrons. The summed E-state index contributed by atoms with van der Waals surface area (Å²) < 4.78 is 7.79. The summed E-state index contributed by atoms with van der Waals surface area (Å²) in [6.45, 7) is 0. The predicted octanol–water partition coefficient (Wildman–Crippen LogP) is 13.5. The van der Waals surface area contributed by atoms with Crippen molar-refractivity contribution in [1.82, 2.24) is 9.13 Å². The Hall–Kier alpha value is -5.66. The van der Waals surface area contributed by atoms with E-state index in [9.17, 15) is 0 Å². The number of thiophene rings is 1. The molecule has 0 fully saturated rings. The number of para-hydroxylation sites is 3. The van der Waals surface area contributed by atoms with Crippen LogP contribution in [0.3, 0.4) is 0 Å². The lowest BCUT2D eigenvalue weighted by Gasteiger charge is -2.32. The number of hydrogen-bond acceptors (Lipinski definition) is 3. The standard InChI is InChI=1S/C48H27BN2S3/c1-2-14-28(15-3-1)50-38-22-10-5-19-33(38)43-46(50)42-32-18-4-9-21-37(32)51(47(42)44-34-20-8-11-23-39(34)52-48(43)44)29-26-35-30-16-6-12-24-40(30)53-49-45(35)36(27-29)31-17-7-13-25-41(31)54-49/h1-27H. The molecular formula is C48H27BN2S3. The van der Waals surface area contributed by atoms with Gasteiger partial charge in [0.25, 0.3) is 0 Å². The van der Waals surface area contributed by atoms with E-state index in [4.69, 9.17) is 0 Å². The molecule has 2 aliphatic rings. The Bertz CT molecular complexity index is 3340. The number of fused-ring (bicyclic) bond motifs is 16. The van der Waals surface area contributed by atoms with Crippen molar-refractivity contribution < 1.29 is 0 Å². The lowest BCUT2D eigenvalue weighted by molar-refractivity contribution is 1.18. The maximum absolute atomic E-state index is 2.61. The Morgan fingerprint density at radius 3 is 1.57 bits per heavy atom. The van der Waals surface area contributed by atoms with Gasteiger partial charge in [-0.3, -0.25) is 0 Å². The van der Waals surface area contributed by atoms with E-state index in [2.05, 4.69) is 173 Å². The van der Waals surface area contributed by atoms with E-state index in [0.717, 1.165) is 0 Å². The number of aromatic nitrogens is 2. The fraction of sp³-hybridized carbons (Fsp3) is 0. The van der Waals surface area contributed by atoms with Gasteiger partial charge in [0, 0.05) is 62.9 Å². The van der Waals surface area contributed by atoms with Crippen LogP contribution < -0.4 is 5.46 Å². The maximum atomic E-state index is 2.61. The smallest absolute Gasteiger partial charge is 0.308 e. The predicted molar refractivity (Wildman–Crippen MR) is 236 cm³/mol. The van der Waals surface area contributed by atoms with E-state index in [0.29, 0.717) is 5.27 Å². The van der Waals surface area contributed by atoms with Crippen molar-refractivity contribution >= 4 is 109 Å². The Morgan fingerprint density at radius 2 is 0.907 bits per heavy atom. The summed E-state index contributed by atoms with van der Waals surface area (Å²) in [5.41, 5.74) is 14.2. The molecule has 3 aromatic heterocycles. The van der Waals surface area contributed by atoms with E-state index >= 15 is 0 Å². The Labute approximate surface area is 323 Å². The van der Waals surface area contributed by atoms with Gasteiger partial charge in [-0.05, 0) is 82.3 Å². The van der Waals surface area contributed by atoms with Crippen molar-refractivity contribution in [1.29, 1.82) is 0 Å². The third-order valence-corrected chi connectivity index (χ3v) is 15.4. The van der Waals surface area contributed by atoms with Crippen molar-refractivity contribution in [2.75, 3.05) is 0 Å². The van der Waals surface area contributed by atoms with Crippen molar-refractivity contribution in [2.45, 2.75) is 9.79 Å². The first-order valence-electron chi connectivity index (χ1n) is 18.4. The van der Waals surface area contributed by atoms with Gasteiger partial charge in [-0.15, -0.1) is 11.3 Å². The van der Waals surface area contributed by atoms with Gasteiger partial charge in [0.15, 0.2) is 0 Å². The zero-order chi connectivity index (χ0) is 35.1. The molecule has 5 heterocycles. The highest BCUT2D eigenvalue weighted by molar-refractivity contribution is 8.56. The normalized spacial score (nSPS) is 13.4. The highest BCUT2D eigenvalue weighted by atomic mass is 32.2. The zero-order valence-electron chi connectivity index (χ0n) is 28.8. The second-order valence-electron chi connectivity index (χ2n) is 14.3. The third-order valence-electron chi connectivity index (χ3n) is 11.5. The first kappa shape index (κ1) is 29.8. The molecule has 11 aromatic rings. The first-order chi connectivity index (χ1) is 26.8. The van der Waals surface area contributed by atoms with Crippen LogP contribution in [-0.2, 0) is 0 Å². The number of nitrogens with zero attached hydrogens (tertiary/aromatic N) is 2. The van der Waals surface area contributed by atoms with E-state index in [1.54, 1.807) is 0 Å². The fourth-order valence-corrected chi connectivity index (χ4v) is 13.6. The van der Waals surface area contributed by atoms with Gasteiger partial charge in [0.05, 0.1) is 22.1 Å². The molecule has 0 N–H and O–H groups in total. The molecule has 2 nitrogen and oxygen atoms in total. The van der Waals surface area contributed by atoms with E-state index in [1.165, 1.54) is 113 Å². The summed E-state index contributed by atoms with van der Waals surface area (Å²) in [6.07, 6.45) is 0. The van der Waals surface area contributed by atoms with Gasteiger partial charge in [-0.2, -0.15) is 23.2 Å². The van der Waals surface area contributed by atoms with Gasteiger partial charge in [0.1, 0.15) is 0 Å². The number of benzene rings is 8. The molecule has 0 amide bonds. The molecule has 2 aliphatic heterocycles. The SMILES string of the molecule is c1ccc(-n2c3ccccc3c3c4sc5ccccc5c4c4c(c5ccccc5n4-c4cc5c6c(c4)-c4ccccc4SB6Sc4ccccc4-5)c32)cc1. The molecule has 54 heavy (non-hydrogen) atoms. The molecule has 8 aromatic carbocycles. The lowest BCUT2D eigenvalue weighted by atomic mass is 9.77. The molecule has 0 bridgehead atoms. The van der Waals surface area contributed by atoms with Gasteiger partial charge in [0.2, 0.25) is 0 Å². The third kappa shape index (κ3) is 3.85. The van der Waals surface area contributed by atoms with E-state index in [1.807, 2.05) is 34.6 Å². The largest absolute Gasteiger partial charge is 0.318 e. The quantitative estimate of drug-likeness (QED) is 0.163. The van der Waals surface area contributed by atoms with Crippen LogP contribution in [0.4, 0.5) is 0 Å². The second kappa shape index (κ2) is 11.0. The molecule has 0 aliphatic carbocycles. The number of hydrogen-bond donors (Lipinski definition) is 0. The molecule has 0 saturated heterocycles. The first-order valence-corrected chi connectivity index (χ1v) is 20.9. The highest BCUT2D eigenvalue weighted by Crippen LogP contribution is 2.53. The topological polar surface area (TPSA) is 9.86 Å². The van der Waals surface area contributed by atoms with Crippen LogP contribution in [0.15, 0.2) is 174 Å². The Morgan fingerprint density at radius 1 is 0.407 bits per heavy atom. The lowest BCUT2D eigenvalue weighted by Crippen LogP contribution is -2.33. The van der Waals surface area contributed by atoms with Crippen LogP contribution >= 0.6 is 34.6 Å². The summed E-state index contributed by atoms with van der Waals surface area (Å²) in [5, 5.41) is 8.15. The minimum absolute atomic E-state index is 0.306. The van der Waals surface area contributed by atoms with Gasteiger partial charge >= 0.3 is 5.27 Å². The van der Waals surface area contributed by atoms with Crippen LogP contribution in [0.2, 0.25) is 0 Å². The number of rotatable bonds is 2. The van der Waals surface area contributed by atoms with Gasteiger partial charge in [-0.25, -0.2) is 0 Å².